The van der Waals surface area contributed by atoms with Crippen LogP contribution in [0.4, 0.5) is 0 Å². The van der Waals surface area contributed by atoms with Gasteiger partial charge in [-0.3, -0.25) is 4.90 Å². The Morgan fingerprint density at radius 1 is 1.43 bits per heavy atom. The maximum Gasteiger partial charge on any atom is 0.279 e. The van der Waals surface area contributed by atoms with Crippen LogP contribution in [-0.4, -0.2) is 50.3 Å². The summed E-state index contributed by atoms with van der Waals surface area (Å²) in [6.45, 7) is 9.83. The van der Waals surface area contributed by atoms with E-state index >= 15 is 0 Å². The molecule has 0 aromatic carbocycles. The van der Waals surface area contributed by atoms with Crippen molar-refractivity contribution in [1.82, 2.24) is 13.9 Å². The van der Waals surface area contributed by atoms with Gasteiger partial charge in [0.2, 0.25) is 0 Å². The van der Waals surface area contributed by atoms with Crippen LogP contribution in [0.2, 0.25) is 0 Å². The lowest BCUT2D eigenvalue weighted by Crippen LogP contribution is -2.47. The first kappa shape index (κ1) is 18.9. The van der Waals surface area contributed by atoms with Crippen LogP contribution in [0.3, 0.4) is 0 Å². The van der Waals surface area contributed by atoms with Crippen LogP contribution in [0.15, 0.2) is 16.8 Å². The summed E-state index contributed by atoms with van der Waals surface area (Å²) in [5.41, 5.74) is 1.19. The summed E-state index contributed by atoms with van der Waals surface area (Å²) < 4.78 is 29.7. The molecule has 1 aliphatic heterocycles. The molecule has 0 bridgehead atoms. The van der Waals surface area contributed by atoms with Crippen molar-refractivity contribution in [3.05, 3.63) is 22.4 Å². The van der Waals surface area contributed by atoms with E-state index in [-0.39, 0.29) is 6.04 Å². The summed E-state index contributed by atoms with van der Waals surface area (Å²) in [5, 5.41) is 4.16. The largest absolute Gasteiger partial charge is 0.296 e. The van der Waals surface area contributed by atoms with E-state index < -0.39 is 10.2 Å². The monoisotopic (exact) mass is 359 g/mol. The second-order valence-electron chi connectivity index (χ2n) is 6.25. The number of thiophene rings is 1. The van der Waals surface area contributed by atoms with Gasteiger partial charge < -0.3 is 0 Å². The van der Waals surface area contributed by atoms with E-state index in [1.54, 1.807) is 15.6 Å². The van der Waals surface area contributed by atoms with Gasteiger partial charge in [0.25, 0.3) is 10.2 Å². The maximum atomic E-state index is 12.6. The number of nitrogens with one attached hydrogen (secondary N) is 1. The third-order valence-corrected chi connectivity index (χ3v) is 6.84. The Kier molecular flexibility index (Phi) is 7.03. The van der Waals surface area contributed by atoms with Crippen LogP contribution < -0.4 is 4.72 Å². The molecule has 23 heavy (non-hydrogen) atoms. The molecule has 2 heterocycles. The van der Waals surface area contributed by atoms with Gasteiger partial charge in [-0.25, -0.2) is 4.72 Å². The minimum atomic E-state index is -3.39. The Balaban J connectivity index is 2.05. The second kappa shape index (κ2) is 8.58. The molecular weight excluding hydrogens is 330 g/mol. The zero-order valence-electron chi connectivity index (χ0n) is 14.4. The van der Waals surface area contributed by atoms with Gasteiger partial charge in [-0.2, -0.15) is 24.1 Å². The first-order valence-electron chi connectivity index (χ1n) is 8.48. The Labute approximate surface area is 144 Å². The fraction of sp³-hybridized carbons (Fsp3) is 0.750. The number of hydrogen-bond acceptors (Lipinski definition) is 4. The van der Waals surface area contributed by atoms with Crippen molar-refractivity contribution in [1.29, 1.82) is 0 Å². The molecule has 5 nitrogen and oxygen atoms in total. The Hall–Kier alpha value is -0.470. The summed E-state index contributed by atoms with van der Waals surface area (Å²) >= 11 is 1.65. The summed E-state index contributed by atoms with van der Waals surface area (Å²) in [5.74, 6) is 0.441. The molecule has 132 valence electrons. The number of piperidine rings is 1. The molecule has 1 saturated heterocycles. The van der Waals surface area contributed by atoms with E-state index in [4.69, 9.17) is 0 Å². The highest BCUT2D eigenvalue weighted by atomic mass is 32.2. The molecule has 0 unspecified atom stereocenters. The van der Waals surface area contributed by atoms with Crippen LogP contribution in [-0.2, 0) is 10.2 Å². The quantitative estimate of drug-likeness (QED) is 0.776. The lowest BCUT2D eigenvalue weighted by Gasteiger charge is -2.33. The molecule has 7 heteroatoms. The molecule has 1 fully saturated rings. The normalized spacial score (nSPS) is 21.7. The van der Waals surface area contributed by atoms with Crippen LogP contribution in [0.1, 0.15) is 45.2 Å². The van der Waals surface area contributed by atoms with Crippen molar-refractivity contribution in [2.75, 3.05) is 32.7 Å². The van der Waals surface area contributed by atoms with Crippen molar-refractivity contribution >= 4 is 21.5 Å². The van der Waals surface area contributed by atoms with Crippen LogP contribution >= 0.6 is 11.3 Å². The van der Waals surface area contributed by atoms with Gasteiger partial charge in [-0.15, -0.1) is 0 Å². The topological polar surface area (TPSA) is 52.7 Å². The van der Waals surface area contributed by atoms with Gasteiger partial charge in [0.15, 0.2) is 0 Å². The molecule has 2 rings (SSSR count). The smallest absolute Gasteiger partial charge is 0.279 e. The van der Waals surface area contributed by atoms with Crippen molar-refractivity contribution in [2.45, 2.75) is 39.7 Å². The highest BCUT2D eigenvalue weighted by molar-refractivity contribution is 7.87. The molecule has 0 amide bonds. The van der Waals surface area contributed by atoms with Crippen molar-refractivity contribution in [3.63, 3.8) is 0 Å². The van der Waals surface area contributed by atoms with Crippen molar-refractivity contribution in [2.24, 2.45) is 5.92 Å². The zero-order chi connectivity index (χ0) is 16.9. The molecule has 1 aromatic rings. The molecule has 0 aliphatic carbocycles. The molecule has 2 atom stereocenters. The number of hydrogen-bond donors (Lipinski definition) is 1. The lowest BCUT2D eigenvalue weighted by molar-refractivity contribution is 0.217. The van der Waals surface area contributed by atoms with Gasteiger partial charge >= 0.3 is 0 Å². The average Bonchev–Trinajstić information content (AvgIpc) is 3.05. The van der Waals surface area contributed by atoms with E-state index in [1.165, 1.54) is 5.56 Å². The van der Waals surface area contributed by atoms with E-state index in [0.29, 0.717) is 25.6 Å². The van der Waals surface area contributed by atoms with Gasteiger partial charge in [-0.05, 0) is 54.2 Å². The Bertz CT molecular complexity index is 556. The third-order valence-electron chi connectivity index (χ3n) is 4.60. The first-order chi connectivity index (χ1) is 11.0. The molecule has 0 saturated carbocycles. The SMILES string of the molecule is CCN(CC)[C@H](CNS(=O)(=O)N1CCC[C@@H](C)C1)c1ccsc1. The number of likely N-dealkylation sites (N-methyl/N-ethyl adjacent to an activating group) is 1. The summed E-state index contributed by atoms with van der Waals surface area (Å²) in [4.78, 5) is 2.30. The summed E-state index contributed by atoms with van der Waals surface area (Å²) in [6, 6.07) is 2.18. The predicted octanol–water partition coefficient (Wildman–Crippen LogP) is 2.70. The van der Waals surface area contributed by atoms with Crippen LogP contribution in [0.5, 0.6) is 0 Å². The van der Waals surface area contributed by atoms with Gasteiger partial charge in [-0.1, -0.05) is 20.8 Å². The molecule has 1 aliphatic rings. The third kappa shape index (κ3) is 5.00. The minimum Gasteiger partial charge on any atom is -0.296 e. The second-order valence-corrected chi connectivity index (χ2v) is 8.79. The Morgan fingerprint density at radius 3 is 2.74 bits per heavy atom. The van der Waals surface area contributed by atoms with Crippen molar-refractivity contribution in [3.8, 4) is 0 Å². The summed E-state index contributed by atoms with van der Waals surface area (Å²) in [6.07, 6.45) is 2.06. The van der Waals surface area contributed by atoms with Gasteiger partial charge in [0.1, 0.15) is 0 Å². The summed E-state index contributed by atoms with van der Waals surface area (Å²) in [7, 11) is -3.39. The molecule has 0 spiro atoms. The van der Waals surface area contributed by atoms with Crippen LogP contribution in [0.25, 0.3) is 0 Å². The molecular formula is C16H29N3O2S2. The van der Waals surface area contributed by atoms with Crippen molar-refractivity contribution < 1.29 is 8.42 Å². The average molecular weight is 360 g/mol. The standard InChI is InChI=1S/C16H29N3O2S2/c1-4-18(5-2)16(15-8-10-22-13-15)11-17-23(20,21)19-9-6-7-14(3)12-19/h8,10,13-14,16-17H,4-7,9,11-12H2,1-3H3/t14-,16-/m1/s1. The number of nitrogens with zero attached hydrogens (tertiary/aromatic N) is 2. The van der Waals surface area contributed by atoms with Gasteiger partial charge in [0, 0.05) is 25.7 Å². The highest BCUT2D eigenvalue weighted by Crippen LogP contribution is 2.23. The molecule has 0 radical (unpaired) electrons. The predicted molar refractivity (Wildman–Crippen MR) is 96.9 cm³/mol. The van der Waals surface area contributed by atoms with E-state index in [1.807, 2.05) is 5.38 Å². The zero-order valence-corrected chi connectivity index (χ0v) is 16.0. The maximum absolute atomic E-state index is 12.6. The van der Waals surface area contributed by atoms with E-state index in [2.05, 4.69) is 41.8 Å². The first-order valence-corrected chi connectivity index (χ1v) is 10.9. The van der Waals surface area contributed by atoms with E-state index in [0.717, 1.165) is 25.9 Å². The van der Waals surface area contributed by atoms with E-state index in [9.17, 15) is 8.42 Å². The Morgan fingerprint density at radius 2 is 2.17 bits per heavy atom. The number of rotatable bonds is 8. The fourth-order valence-electron chi connectivity index (χ4n) is 3.23. The van der Waals surface area contributed by atoms with Crippen LogP contribution in [0, 0.1) is 5.92 Å². The molecule has 1 aromatic heterocycles. The molecule has 1 N–H and O–H groups in total. The fourth-order valence-corrected chi connectivity index (χ4v) is 5.31. The highest BCUT2D eigenvalue weighted by Gasteiger charge is 2.28. The minimum absolute atomic E-state index is 0.0910. The van der Waals surface area contributed by atoms with Gasteiger partial charge in [0.05, 0.1) is 0 Å². The lowest BCUT2D eigenvalue weighted by atomic mass is 10.0.